The molecule has 3 aromatic heterocycles. The Balaban J connectivity index is 1.81. The van der Waals surface area contributed by atoms with E-state index in [0.29, 0.717) is 11.4 Å². The fourth-order valence-corrected chi connectivity index (χ4v) is 4.45. The van der Waals surface area contributed by atoms with Gasteiger partial charge in [-0.05, 0) is 37.1 Å². The maximum atomic E-state index is 13.5. The molecule has 0 bridgehead atoms. The fraction of sp³-hybridized carbons (Fsp3) is 0.231. The molecule has 1 amide bonds. The van der Waals surface area contributed by atoms with Gasteiger partial charge in [-0.1, -0.05) is 36.4 Å². The second kappa shape index (κ2) is 7.98. The van der Waals surface area contributed by atoms with E-state index < -0.39 is 0 Å². The van der Waals surface area contributed by atoms with E-state index in [0.717, 1.165) is 38.8 Å². The SMILES string of the molecule is Cc1nn(CC(=O)N(C)C)c(C)c1-n1c(=O)n(C)c2cnc3ccc(-c4ccccc4)cc3c21. The van der Waals surface area contributed by atoms with Crippen LogP contribution in [0.3, 0.4) is 0 Å². The largest absolute Gasteiger partial charge is 0.347 e. The maximum Gasteiger partial charge on any atom is 0.333 e. The summed E-state index contributed by atoms with van der Waals surface area (Å²) in [4.78, 5) is 32.0. The third-order valence-electron chi connectivity index (χ3n) is 6.34. The molecule has 0 atom stereocenters. The highest BCUT2D eigenvalue weighted by atomic mass is 16.2. The number of likely N-dealkylation sites (N-methyl/N-ethyl adjacent to an activating group) is 1. The Morgan fingerprint density at radius 1 is 1.03 bits per heavy atom. The number of imidazole rings is 1. The number of hydrogen-bond donors (Lipinski definition) is 0. The molecule has 5 aromatic rings. The van der Waals surface area contributed by atoms with Gasteiger partial charge in [-0.25, -0.2) is 4.79 Å². The second-order valence-corrected chi connectivity index (χ2v) is 8.73. The number of fused-ring (bicyclic) bond motifs is 3. The predicted octanol–water partition coefficient (Wildman–Crippen LogP) is 3.45. The van der Waals surface area contributed by atoms with Gasteiger partial charge in [-0.2, -0.15) is 5.10 Å². The van der Waals surface area contributed by atoms with Crippen LogP contribution >= 0.6 is 0 Å². The molecule has 0 aliphatic rings. The lowest BCUT2D eigenvalue weighted by atomic mass is 10.0. The molecule has 0 spiro atoms. The zero-order valence-electron chi connectivity index (χ0n) is 19.9. The Bertz CT molecular complexity index is 1620. The molecule has 34 heavy (non-hydrogen) atoms. The van der Waals surface area contributed by atoms with Gasteiger partial charge in [0.05, 0.1) is 39.8 Å². The molecule has 0 saturated carbocycles. The van der Waals surface area contributed by atoms with Gasteiger partial charge in [0.25, 0.3) is 0 Å². The van der Waals surface area contributed by atoms with E-state index in [1.165, 1.54) is 4.90 Å². The Kier molecular flexibility index (Phi) is 5.08. The van der Waals surface area contributed by atoms with Crippen LogP contribution in [0.1, 0.15) is 11.4 Å². The molecule has 2 aromatic carbocycles. The van der Waals surface area contributed by atoms with Gasteiger partial charge in [-0.3, -0.25) is 23.6 Å². The third-order valence-corrected chi connectivity index (χ3v) is 6.34. The van der Waals surface area contributed by atoms with Crippen LogP contribution in [-0.4, -0.2) is 48.8 Å². The molecule has 5 rings (SSSR count). The van der Waals surface area contributed by atoms with Crippen molar-refractivity contribution >= 4 is 27.8 Å². The summed E-state index contributed by atoms with van der Waals surface area (Å²) in [5.41, 5.74) is 6.41. The van der Waals surface area contributed by atoms with Gasteiger partial charge in [0.15, 0.2) is 0 Å². The van der Waals surface area contributed by atoms with Crippen LogP contribution in [0, 0.1) is 13.8 Å². The Labute approximate surface area is 196 Å². The van der Waals surface area contributed by atoms with Crippen molar-refractivity contribution in [3.05, 3.63) is 76.6 Å². The van der Waals surface area contributed by atoms with Gasteiger partial charge in [-0.15, -0.1) is 0 Å². The van der Waals surface area contributed by atoms with E-state index in [9.17, 15) is 9.59 Å². The van der Waals surface area contributed by atoms with Crippen LogP contribution in [0.5, 0.6) is 0 Å². The number of rotatable bonds is 4. The van der Waals surface area contributed by atoms with E-state index in [1.54, 1.807) is 41.2 Å². The van der Waals surface area contributed by atoms with Gasteiger partial charge in [0.1, 0.15) is 6.54 Å². The number of carbonyl (C=O) groups is 1. The predicted molar refractivity (Wildman–Crippen MR) is 133 cm³/mol. The third kappa shape index (κ3) is 3.30. The maximum absolute atomic E-state index is 13.5. The first-order chi connectivity index (χ1) is 16.3. The molecule has 0 saturated heterocycles. The monoisotopic (exact) mass is 454 g/mol. The highest BCUT2D eigenvalue weighted by molar-refractivity contribution is 6.04. The lowest BCUT2D eigenvalue weighted by molar-refractivity contribution is -0.129. The highest BCUT2D eigenvalue weighted by Gasteiger charge is 2.23. The smallest absolute Gasteiger partial charge is 0.333 e. The molecule has 172 valence electrons. The molecule has 0 aliphatic carbocycles. The van der Waals surface area contributed by atoms with Crippen molar-refractivity contribution in [2.45, 2.75) is 20.4 Å². The zero-order valence-corrected chi connectivity index (χ0v) is 19.9. The Morgan fingerprint density at radius 2 is 1.76 bits per heavy atom. The lowest BCUT2D eigenvalue weighted by Gasteiger charge is -2.11. The molecule has 3 heterocycles. The first-order valence-corrected chi connectivity index (χ1v) is 11.1. The van der Waals surface area contributed by atoms with Crippen molar-refractivity contribution in [3.8, 4) is 16.8 Å². The number of carbonyl (C=O) groups excluding carboxylic acids is 1. The minimum Gasteiger partial charge on any atom is -0.347 e. The number of pyridine rings is 1. The van der Waals surface area contributed by atoms with Gasteiger partial charge in [0, 0.05) is 26.5 Å². The van der Waals surface area contributed by atoms with Crippen molar-refractivity contribution in [2.24, 2.45) is 7.05 Å². The van der Waals surface area contributed by atoms with Crippen LogP contribution < -0.4 is 5.69 Å². The minimum absolute atomic E-state index is 0.0652. The van der Waals surface area contributed by atoms with E-state index >= 15 is 0 Å². The highest BCUT2D eigenvalue weighted by Crippen LogP contribution is 2.31. The summed E-state index contributed by atoms with van der Waals surface area (Å²) in [5.74, 6) is -0.0652. The first-order valence-electron chi connectivity index (χ1n) is 11.1. The summed E-state index contributed by atoms with van der Waals surface area (Å²) in [5, 5.41) is 5.48. The molecule has 0 fully saturated rings. The second-order valence-electron chi connectivity index (χ2n) is 8.73. The number of hydrogen-bond acceptors (Lipinski definition) is 4. The number of nitrogens with zero attached hydrogens (tertiary/aromatic N) is 6. The average molecular weight is 455 g/mol. The summed E-state index contributed by atoms with van der Waals surface area (Å²) in [6, 6.07) is 16.2. The van der Waals surface area contributed by atoms with Crippen LogP contribution in [-0.2, 0) is 18.4 Å². The topological polar surface area (TPSA) is 78.0 Å². The standard InChI is InChI=1S/C26H26N6O2/c1-16-24(17(2)31(28-16)15-23(33)29(3)4)32-25-20-13-19(18-9-7-6-8-10-18)11-12-21(20)27-14-22(25)30(5)26(32)34/h6-14H,15H2,1-5H3. The fourth-order valence-electron chi connectivity index (χ4n) is 4.45. The van der Waals surface area contributed by atoms with Crippen molar-refractivity contribution in [1.82, 2.24) is 28.8 Å². The normalized spacial score (nSPS) is 11.4. The molecular weight excluding hydrogens is 428 g/mol. The molecular formula is C26H26N6O2. The first kappa shape index (κ1) is 21.6. The van der Waals surface area contributed by atoms with Gasteiger partial charge in [0.2, 0.25) is 5.91 Å². The van der Waals surface area contributed by atoms with Crippen molar-refractivity contribution in [3.63, 3.8) is 0 Å². The Hall–Kier alpha value is -4.20. The summed E-state index contributed by atoms with van der Waals surface area (Å²) >= 11 is 0. The number of amides is 1. The van der Waals surface area contributed by atoms with Crippen molar-refractivity contribution in [1.29, 1.82) is 0 Å². The molecule has 0 aliphatic heterocycles. The summed E-state index contributed by atoms with van der Waals surface area (Å²) in [6.07, 6.45) is 1.74. The molecule has 8 heteroatoms. The van der Waals surface area contributed by atoms with E-state index in [4.69, 9.17) is 0 Å². The van der Waals surface area contributed by atoms with Crippen LogP contribution in [0.25, 0.3) is 38.8 Å². The summed E-state index contributed by atoms with van der Waals surface area (Å²) in [6.45, 7) is 3.87. The van der Waals surface area contributed by atoms with E-state index in [-0.39, 0.29) is 18.1 Å². The van der Waals surface area contributed by atoms with Crippen LogP contribution in [0.2, 0.25) is 0 Å². The lowest BCUT2D eigenvalue weighted by Crippen LogP contribution is -2.27. The molecule has 0 radical (unpaired) electrons. The number of benzene rings is 2. The molecule has 8 nitrogen and oxygen atoms in total. The van der Waals surface area contributed by atoms with Crippen molar-refractivity contribution < 1.29 is 4.79 Å². The van der Waals surface area contributed by atoms with Crippen molar-refractivity contribution in [2.75, 3.05) is 14.1 Å². The Morgan fingerprint density at radius 3 is 2.47 bits per heavy atom. The van der Waals surface area contributed by atoms with Gasteiger partial charge >= 0.3 is 5.69 Å². The summed E-state index contributed by atoms with van der Waals surface area (Å²) < 4.78 is 4.98. The van der Waals surface area contributed by atoms with Crippen LogP contribution in [0.15, 0.2) is 59.5 Å². The molecule has 0 unspecified atom stereocenters. The van der Waals surface area contributed by atoms with E-state index in [1.807, 2.05) is 44.2 Å². The average Bonchev–Trinajstić information content (AvgIpc) is 3.25. The van der Waals surface area contributed by atoms with Gasteiger partial charge < -0.3 is 4.90 Å². The van der Waals surface area contributed by atoms with Crippen LogP contribution in [0.4, 0.5) is 0 Å². The quantitative estimate of drug-likeness (QED) is 0.417. The number of aryl methyl sites for hydroxylation is 2. The molecule has 0 N–H and O–H groups in total. The van der Waals surface area contributed by atoms with E-state index in [2.05, 4.69) is 28.3 Å². The summed E-state index contributed by atoms with van der Waals surface area (Å²) in [7, 11) is 5.18. The number of aromatic nitrogens is 5. The zero-order chi connectivity index (χ0) is 24.1. The minimum atomic E-state index is -0.181.